The lowest BCUT2D eigenvalue weighted by Gasteiger charge is -2.09. The fraction of sp³-hybridized carbons (Fsp3) is 0.300. The van der Waals surface area contributed by atoms with Crippen molar-refractivity contribution in [3.05, 3.63) is 33.5 Å². The molecule has 0 spiro atoms. The van der Waals surface area contributed by atoms with Crippen molar-refractivity contribution < 1.29 is 0 Å². The normalized spacial score (nSPS) is 12.7. The van der Waals surface area contributed by atoms with Crippen LogP contribution in [0.2, 0.25) is 0 Å². The summed E-state index contributed by atoms with van der Waals surface area (Å²) in [6, 6.07) is 4.67. The number of hydrogen-bond donors (Lipinski definition) is 1. The Morgan fingerprint density at radius 2 is 2.29 bits per heavy atom. The van der Waals surface area contributed by atoms with Gasteiger partial charge in [0.25, 0.3) is 0 Å². The van der Waals surface area contributed by atoms with Crippen molar-refractivity contribution in [2.45, 2.75) is 19.9 Å². The van der Waals surface area contributed by atoms with E-state index >= 15 is 0 Å². The van der Waals surface area contributed by atoms with Crippen LogP contribution >= 0.6 is 22.7 Å². The Labute approximate surface area is 91.6 Å². The molecule has 14 heavy (non-hydrogen) atoms. The molecule has 0 amide bonds. The van der Waals surface area contributed by atoms with Crippen molar-refractivity contribution in [1.82, 2.24) is 4.98 Å². The molecule has 0 aliphatic heterocycles. The van der Waals surface area contributed by atoms with Gasteiger partial charge >= 0.3 is 0 Å². The molecule has 2 aromatic heterocycles. The second-order valence-corrected chi connectivity index (χ2v) is 5.37. The van der Waals surface area contributed by atoms with E-state index < -0.39 is 0 Å². The number of nitrogens with zero attached hydrogens (tertiary/aromatic N) is 1. The van der Waals surface area contributed by atoms with E-state index in [1.54, 1.807) is 11.3 Å². The van der Waals surface area contributed by atoms with Gasteiger partial charge in [-0.3, -0.25) is 0 Å². The number of nitrogens with one attached hydrogen (secondary N) is 1. The predicted molar refractivity (Wildman–Crippen MR) is 63.2 cm³/mol. The van der Waals surface area contributed by atoms with Crippen LogP contribution in [0, 0.1) is 6.92 Å². The third-order valence-electron chi connectivity index (χ3n) is 1.96. The molecule has 2 aromatic rings. The van der Waals surface area contributed by atoms with E-state index in [1.165, 1.54) is 9.75 Å². The van der Waals surface area contributed by atoms with E-state index in [9.17, 15) is 0 Å². The van der Waals surface area contributed by atoms with E-state index in [4.69, 9.17) is 0 Å². The van der Waals surface area contributed by atoms with Crippen LogP contribution in [0.5, 0.6) is 0 Å². The summed E-state index contributed by atoms with van der Waals surface area (Å²) in [7, 11) is 0. The zero-order valence-electron chi connectivity index (χ0n) is 8.15. The van der Waals surface area contributed by atoms with E-state index in [1.807, 2.05) is 22.9 Å². The summed E-state index contributed by atoms with van der Waals surface area (Å²) in [4.78, 5) is 6.91. The lowest BCUT2D eigenvalue weighted by Crippen LogP contribution is -2.03. The maximum absolute atomic E-state index is 4.20. The van der Waals surface area contributed by atoms with Gasteiger partial charge in [-0.15, -0.1) is 22.7 Å². The van der Waals surface area contributed by atoms with Gasteiger partial charge < -0.3 is 5.32 Å². The molecule has 2 heterocycles. The second-order valence-electron chi connectivity index (χ2n) is 3.15. The molecule has 2 rings (SSSR count). The maximum atomic E-state index is 4.20. The molecule has 4 heteroatoms. The van der Waals surface area contributed by atoms with Crippen molar-refractivity contribution in [3.63, 3.8) is 0 Å². The number of thiazole rings is 1. The third kappa shape index (κ3) is 2.13. The molecule has 0 saturated heterocycles. The van der Waals surface area contributed by atoms with Gasteiger partial charge in [0, 0.05) is 21.3 Å². The first-order chi connectivity index (χ1) is 6.75. The summed E-state index contributed by atoms with van der Waals surface area (Å²) < 4.78 is 0. The smallest absolute Gasteiger partial charge is 0.183 e. The van der Waals surface area contributed by atoms with Gasteiger partial charge in [-0.2, -0.15) is 0 Å². The summed E-state index contributed by atoms with van der Waals surface area (Å²) in [5.74, 6) is 0. The van der Waals surface area contributed by atoms with E-state index in [0.29, 0.717) is 6.04 Å². The molecule has 0 aliphatic rings. The van der Waals surface area contributed by atoms with Gasteiger partial charge in [0.1, 0.15) is 0 Å². The highest BCUT2D eigenvalue weighted by Crippen LogP contribution is 2.26. The van der Waals surface area contributed by atoms with Crippen LogP contribution in [0.3, 0.4) is 0 Å². The minimum atomic E-state index is 0.347. The van der Waals surface area contributed by atoms with Crippen molar-refractivity contribution in [2.75, 3.05) is 5.32 Å². The molecule has 1 unspecified atom stereocenters. The number of aryl methyl sites for hydroxylation is 1. The number of thiophene rings is 1. The van der Waals surface area contributed by atoms with Crippen LogP contribution in [0.4, 0.5) is 5.13 Å². The molecule has 1 N–H and O–H groups in total. The summed E-state index contributed by atoms with van der Waals surface area (Å²) in [5.41, 5.74) is 0. The standard InChI is InChI=1S/C10H12N2S2/c1-7-3-4-9(14-7)8(2)12-10-11-5-6-13-10/h3-6,8H,1-2H3,(H,11,12). The molecule has 0 bridgehead atoms. The third-order valence-corrected chi connectivity index (χ3v) is 3.85. The molecule has 0 saturated carbocycles. The topological polar surface area (TPSA) is 24.9 Å². The highest BCUT2D eigenvalue weighted by Gasteiger charge is 2.07. The Kier molecular flexibility index (Phi) is 2.84. The lowest BCUT2D eigenvalue weighted by atomic mass is 10.3. The zero-order chi connectivity index (χ0) is 9.97. The van der Waals surface area contributed by atoms with Crippen molar-refractivity contribution in [2.24, 2.45) is 0 Å². The molecule has 0 radical (unpaired) electrons. The van der Waals surface area contributed by atoms with E-state index in [2.05, 4.69) is 36.3 Å². The quantitative estimate of drug-likeness (QED) is 0.860. The summed E-state index contributed by atoms with van der Waals surface area (Å²) in [6.45, 7) is 4.29. The Hall–Kier alpha value is -0.870. The molecular weight excluding hydrogens is 212 g/mol. The largest absolute Gasteiger partial charge is 0.354 e. The van der Waals surface area contributed by atoms with Gasteiger partial charge in [-0.05, 0) is 26.0 Å². The van der Waals surface area contributed by atoms with Crippen molar-refractivity contribution >= 4 is 27.8 Å². The SMILES string of the molecule is Cc1ccc(C(C)Nc2nccs2)s1. The molecule has 1 atom stereocenters. The minimum absolute atomic E-state index is 0.347. The summed E-state index contributed by atoms with van der Waals surface area (Å²) in [6.07, 6.45) is 1.82. The van der Waals surface area contributed by atoms with Crippen LogP contribution in [-0.4, -0.2) is 4.98 Å². The van der Waals surface area contributed by atoms with Crippen LogP contribution < -0.4 is 5.32 Å². The maximum Gasteiger partial charge on any atom is 0.183 e. The Balaban J connectivity index is 2.06. The fourth-order valence-corrected chi connectivity index (χ4v) is 2.73. The number of rotatable bonds is 3. The number of anilines is 1. The van der Waals surface area contributed by atoms with Crippen molar-refractivity contribution in [1.29, 1.82) is 0 Å². The first-order valence-electron chi connectivity index (χ1n) is 4.48. The highest BCUT2D eigenvalue weighted by atomic mass is 32.1. The Morgan fingerprint density at radius 1 is 1.43 bits per heavy atom. The van der Waals surface area contributed by atoms with E-state index in [0.717, 1.165) is 5.13 Å². The number of aromatic nitrogens is 1. The Morgan fingerprint density at radius 3 is 2.86 bits per heavy atom. The lowest BCUT2D eigenvalue weighted by molar-refractivity contribution is 0.904. The average molecular weight is 224 g/mol. The first-order valence-corrected chi connectivity index (χ1v) is 6.17. The van der Waals surface area contributed by atoms with Gasteiger partial charge in [0.05, 0.1) is 6.04 Å². The van der Waals surface area contributed by atoms with Gasteiger partial charge in [-0.1, -0.05) is 0 Å². The highest BCUT2D eigenvalue weighted by molar-refractivity contribution is 7.13. The zero-order valence-corrected chi connectivity index (χ0v) is 9.78. The summed E-state index contributed by atoms with van der Waals surface area (Å²) >= 11 is 3.47. The minimum Gasteiger partial charge on any atom is -0.354 e. The molecule has 2 nitrogen and oxygen atoms in total. The average Bonchev–Trinajstić information content (AvgIpc) is 2.75. The monoisotopic (exact) mass is 224 g/mol. The van der Waals surface area contributed by atoms with Gasteiger partial charge in [0.15, 0.2) is 5.13 Å². The van der Waals surface area contributed by atoms with E-state index in [-0.39, 0.29) is 0 Å². The van der Waals surface area contributed by atoms with Crippen molar-refractivity contribution in [3.8, 4) is 0 Å². The van der Waals surface area contributed by atoms with Gasteiger partial charge in [0.2, 0.25) is 0 Å². The molecule has 0 aromatic carbocycles. The predicted octanol–water partition coefficient (Wildman–Crippen LogP) is 3.69. The van der Waals surface area contributed by atoms with Crippen LogP contribution in [0.1, 0.15) is 22.7 Å². The first kappa shape index (κ1) is 9.68. The molecule has 0 fully saturated rings. The second kappa shape index (κ2) is 4.11. The van der Waals surface area contributed by atoms with Crippen LogP contribution in [-0.2, 0) is 0 Å². The molecule has 0 aliphatic carbocycles. The summed E-state index contributed by atoms with van der Waals surface area (Å²) in [5, 5.41) is 6.34. The fourth-order valence-electron chi connectivity index (χ4n) is 1.24. The van der Waals surface area contributed by atoms with Crippen LogP contribution in [0.25, 0.3) is 0 Å². The molecule has 74 valence electrons. The van der Waals surface area contributed by atoms with Crippen LogP contribution in [0.15, 0.2) is 23.7 Å². The number of hydrogen-bond acceptors (Lipinski definition) is 4. The Bertz CT molecular complexity index is 392. The van der Waals surface area contributed by atoms with Gasteiger partial charge in [-0.25, -0.2) is 4.98 Å². The molecular formula is C10H12N2S2.